The number of hydrogen-bond acceptors (Lipinski definition) is 4. The zero-order valence-electron chi connectivity index (χ0n) is 8.87. The lowest BCUT2D eigenvalue weighted by Crippen LogP contribution is -2.04. The normalized spacial score (nSPS) is 11.9. The molecule has 0 saturated carbocycles. The largest absolute Gasteiger partial charge is 0.466 e. The van der Waals surface area contributed by atoms with Gasteiger partial charge in [0.2, 0.25) is 0 Å². The van der Waals surface area contributed by atoms with Gasteiger partial charge in [-0.15, -0.1) is 0 Å². The Hall–Kier alpha value is -1.76. The highest BCUT2D eigenvalue weighted by atomic mass is 16.5. The van der Waals surface area contributed by atoms with Crippen molar-refractivity contribution in [1.82, 2.24) is 4.90 Å². The Balaban J connectivity index is 4.78. The molecule has 0 aromatic carbocycles. The number of carbonyl (C=O) groups excluding carboxylic acids is 1. The SMILES string of the molecule is COC(=O)C(C)=CC(C#N)=CN(C)C. The summed E-state index contributed by atoms with van der Waals surface area (Å²) in [5.41, 5.74) is 0.819. The number of methoxy groups -OCH3 is 1. The van der Waals surface area contributed by atoms with E-state index in [1.54, 1.807) is 32.1 Å². The van der Waals surface area contributed by atoms with Crippen molar-refractivity contribution in [2.45, 2.75) is 6.92 Å². The fraction of sp³-hybridized carbons (Fsp3) is 0.400. The molecule has 0 aliphatic heterocycles. The summed E-state index contributed by atoms with van der Waals surface area (Å²) in [5, 5.41) is 8.74. The third-order valence-corrected chi connectivity index (χ3v) is 1.41. The Bertz CT molecular complexity index is 309. The Morgan fingerprint density at radius 1 is 1.50 bits per heavy atom. The fourth-order valence-electron chi connectivity index (χ4n) is 0.830. The molecule has 0 heterocycles. The second-order valence-corrected chi connectivity index (χ2v) is 2.98. The van der Waals surface area contributed by atoms with E-state index in [2.05, 4.69) is 4.74 Å². The Morgan fingerprint density at radius 2 is 2.07 bits per heavy atom. The van der Waals surface area contributed by atoms with Crippen LogP contribution in [0.2, 0.25) is 0 Å². The van der Waals surface area contributed by atoms with Crippen LogP contribution in [0.25, 0.3) is 0 Å². The van der Waals surface area contributed by atoms with Gasteiger partial charge in [-0.1, -0.05) is 0 Å². The molecule has 0 radical (unpaired) electrons. The summed E-state index contributed by atoms with van der Waals surface area (Å²) in [6, 6.07) is 1.98. The van der Waals surface area contributed by atoms with Gasteiger partial charge in [-0.25, -0.2) is 4.79 Å². The predicted molar refractivity (Wildman–Crippen MR) is 53.2 cm³/mol. The second kappa shape index (κ2) is 5.81. The van der Waals surface area contributed by atoms with E-state index in [1.165, 1.54) is 13.2 Å². The second-order valence-electron chi connectivity index (χ2n) is 2.98. The highest BCUT2D eigenvalue weighted by Gasteiger charge is 2.03. The smallest absolute Gasteiger partial charge is 0.333 e. The molecule has 0 rings (SSSR count). The highest BCUT2D eigenvalue weighted by molar-refractivity contribution is 5.88. The molecule has 0 aliphatic carbocycles. The molecule has 0 atom stereocenters. The minimum Gasteiger partial charge on any atom is -0.466 e. The molecule has 0 N–H and O–H groups in total. The van der Waals surface area contributed by atoms with E-state index >= 15 is 0 Å². The van der Waals surface area contributed by atoms with E-state index in [4.69, 9.17) is 5.26 Å². The number of allylic oxidation sites excluding steroid dienone is 2. The third-order valence-electron chi connectivity index (χ3n) is 1.41. The molecule has 0 aromatic rings. The molecule has 14 heavy (non-hydrogen) atoms. The van der Waals surface area contributed by atoms with Gasteiger partial charge in [-0.3, -0.25) is 0 Å². The van der Waals surface area contributed by atoms with Crippen LogP contribution in [0.5, 0.6) is 0 Å². The topological polar surface area (TPSA) is 53.3 Å². The first kappa shape index (κ1) is 12.2. The third kappa shape index (κ3) is 4.31. The summed E-state index contributed by atoms with van der Waals surface area (Å²) in [4.78, 5) is 12.7. The molecule has 0 saturated heterocycles. The van der Waals surface area contributed by atoms with Gasteiger partial charge in [-0.2, -0.15) is 5.26 Å². The standard InChI is InChI=1S/C10H14N2O2/c1-8(10(13)14-4)5-9(6-11)7-12(2)3/h5,7H,1-4H3. The maximum atomic E-state index is 11.0. The average Bonchev–Trinajstić information content (AvgIpc) is 2.14. The van der Waals surface area contributed by atoms with Gasteiger partial charge >= 0.3 is 5.97 Å². The van der Waals surface area contributed by atoms with Crippen molar-refractivity contribution in [3.05, 3.63) is 23.4 Å². The van der Waals surface area contributed by atoms with Crippen molar-refractivity contribution in [1.29, 1.82) is 5.26 Å². The van der Waals surface area contributed by atoms with Crippen molar-refractivity contribution < 1.29 is 9.53 Å². The van der Waals surface area contributed by atoms with E-state index < -0.39 is 5.97 Å². The Kier molecular flexibility index (Phi) is 5.08. The van der Waals surface area contributed by atoms with Crippen LogP contribution < -0.4 is 0 Å². The maximum absolute atomic E-state index is 11.0. The van der Waals surface area contributed by atoms with Crippen LogP contribution in [0.3, 0.4) is 0 Å². The highest BCUT2D eigenvalue weighted by Crippen LogP contribution is 2.03. The lowest BCUT2D eigenvalue weighted by Gasteiger charge is -2.04. The zero-order chi connectivity index (χ0) is 11.1. The molecule has 0 unspecified atom stereocenters. The van der Waals surface area contributed by atoms with Crippen molar-refractivity contribution in [3.8, 4) is 6.07 Å². The molecule has 0 aromatic heterocycles. The first-order valence-corrected chi connectivity index (χ1v) is 4.06. The lowest BCUT2D eigenvalue weighted by molar-refractivity contribution is -0.136. The van der Waals surface area contributed by atoms with E-state index in [0.29, 0.717) is 11.1 Å². The molecule has 4 heteroatoms. The van der Waals surface area contributed by atoms with E-state index in [9.17, 15) is 4.79 Å². The number of nitriles is 1. The van der Waals surface area contributed by atoms with Crippen LogP contribution in [0.15, 0.2) is 23.4 Å². The molecule has 4 nitrogen and oxygen atoms in total. The van der Waals surface area contributed by atoms with Crippen LogP contribution in [-0.4, -0.2) is 32.1 Å². The van der Waals surface area contributed by atoms with Gasteiger partial charge in [0.1, 0.15) is 6.07 Å². The summed E-state index contributed by atoms with van der Waals surface area (Å²) < 4.78 is 4.50. The number of carbonyl (C=O) groups is 1. The van der Waals surface area contributed by atoms with Crippen LogP contribution >= 0.6 is 0 Å². The van der Waals surface area contributed by atoms with E-state index in [1.807, 2.05) is 6.07 Å². The summed E-state index contributed by atoms with van der Waals surface area (Å²) in [6.45, 7) is 1.60. The predicted octanol–water partition coefficient (Wildman–Crippen LogP) is 1.07. The van der Waals surface area contributed by atoms with Crippen molar-refractivity contribution in [2.75, 3.05) is 21.2 Å². The van der Waals surface area contributed by atoms with Crippen LogP contribution in [0.4, 0.5) is 0 Å². The summed E-state index contributed by atoms with van der Waals surface area (Å²) in [7, 11) is 4.92. The van der Waals surface area contributed by atoms with Gasteiger partial charge in [0.15, 0.2) is 0 Å². The minimum absolute atomic E-state index is 0.405. The summed E-state index contributed by atoms with van der Waals surface area (Å²) in [5.74, 6) is -0.426. The Labute approximate surface area is 84.1 Å². The molecule has 0 fully saturated rings. The lowest BCUT2D eigenvalue weighted by atomic mass is 10.2. The van der Waals surface area contributed by atoms with E-state index in [-0.39, 0.29) is 0 Å². The van der Waals surface area contributed by atoms with Gasteiger partial charge in [0, 0.05) is 25.9 Å². The van der Waals surface area contributed by atoms with Crippen molar-refractivity contribution in [3.63, 3.8) is 0 Å². The molecule has 0 amide bonds. The fourth-order valence-corrected chi connectivity index (χ4v) is 0.830. The number of hydrogen-bond donors (Lipinski definition) is 0. The number of rotatable bonds is 3. The first-order valence-electron chi connectivity index (χ1n) is 4.06. The number of nitrogens with zero attached hydrogens (tertiary/aromatic N) is 2. The van der Waals surface area contributed by atoms with Gasteiger partial charge in [0.05, 0.1) is 12.7 Å². The number of ether oxygens (including phenoxy) is 1. The molecule has 0 spiro atoms. The van der Waals surface area contributed by atoms with Crippen molar-refractivity contribution in [2.24, 2.45) is 0 Å². The average molecular weight is 194 g/mol. The maximum Gasteiger partial charge on any atom is 0.333 e. The van der Waals surface area contributed by atoms with Gasteiger partial charge < -0.3 is 9.64 Å². The van der Waals surface area contributed by atoms with Gasteiger partial charge in [-0.05, 0) is 13.0 Å². The van der Waals surface area contributed by atoms with E-state index in [0.717, 1.165) is 0 Å². The first-order chi connectivity index (χ1) is 6.51. The molecule has 76 valence electrons. The zero-order valence-corrected chi connectivity index (χ0v) is 8.87. The molecular formula is C10H14N2O2. The molecule has 0 aliphatic rings. The minimum atomic E-state index is -0.426. The Morgan fingerprint density at radius 3 is 2.43 bits per heavy atom. The van der Waals surface area contributed by atoms with Crippen LogP contribution in [0.1, 0.15) is 6.92 Å². The molecule has 0 bridgehead atoms. The summed E-state index contributed by atoms with van der Waals surface area (Å²) >= 11 is 0. The molecular weight excluding hydrogens is 180 g/mol. The van der Waals surface area contributed by atoms with Crippen LogP contribution in [-0.2, 0) is 9.53 Å². The summed E-state index contributed by atoms with van der Waals surface area (Å²) in [6.07, 6.45) is 3.12. The quantitative estimate of drug-likeness (QED) is 0.292. The van der Waals surface area contributed by atoms with Gasteiger partial charge in [0.25, 0.3) is 0 Å². The monoisotopic (exact) mass is 194 g/mol. The number of esters is 1. The van der Waals surface area contributed by atoms with Crippen LogP contribution in [0, 0.1) is 11.3 Å². The van der Waals surface area contributed by atoms with Crippen molar-refractivity contribution >= 4 is 5.97 Å².